The van der Waals surface area contributed by atoms with Gasteiger partial charge in [0.2, 0.25) is 0 Å². The molecule has 1 amide bonds. The molecule has 2 rings (SSSR count). The highest BCUT2D eigenvalue weighted by atomic mass is 16.2. The number of carbonyl (C=O) groups excluding carboxylic acids is 1. The van der Waals surface area contributed by atoms with Crippen LogP contribution in [-0.4, -0.2) is 47.2 Å². The Morgan fingerprint density at radius 3 is 2.59 bits per heavy atom. The normalized spacial score (nSPS) is 17.2. The third-order valence-electron chi connectivity index (χ3n) is 3.02. The molecule has 2 heterocycles. The summed E-state index contributed by atoms with van der Waals surface area (Å²) in [6.07, 6.45) is 1.64. The van der Waals surface area contributed by atoms with Crippen LogP contribution in [0.5, 0.6) is 0 Å². The van der Waals surface area contributed by atoms with Gasteiger partial charge in [0.25, 0.3) is 5.91 Å². The number of amides is 1. The summed E-state index contributed by atoms with van der Waals surface area (Å²) in [6.45, 7) is 9.52. The minimum Gasteiger partial charge on any atom is -0.336 e. The molecule has 94 valence electrons. The van der Waals surface area contributed by atoms with Gasteiger partial charge in [-0.3, -0.25) is 9.89 Å². The largest absolute Gasteiger partial charge is 0.336 e. The van der Waals surface area contributed by atoms with Gasteiger partial charge in [-0.05, 0) is 0 Å². The van der Waals surface area contributed by atoms with Crippen molar-refractivity contribution in [3.63, 3.8) is 0 Å². The van der Waals surface area contributed by atoms with Crippen molar-refractivity contribution in [2.45, 2.75) is 26.2 Å². The van der Waals surface area contributed by atoms with E-state index in [1.54, 1.807) is 6.20 Å². The fourth-order valence-electron chi connectivity index (χ4n) is 2.06. The molecule has 1 aromatic heterocycles. The molecule has 0 unspecified atom stereocenters. The Labute approximate surface area is 102 Å². The van der Waals surface area contributed by atoms with Crippen LogP contribution in [0.1, 0.15) is 36.8 Å². The summed E-state index contributed by atoms with van der Waals surface area (Å²) in [4.78, 5) is 14.3. The highest BCUT2D eigenvalue weighted by molar-refractivity contribution is 5.95. The summed E-state index contributed by atoms with van der Waals surface area (Å²) in [5.74, 6) is 0.0881. The second-order valence-electron chi connectivity index (χ2n) is 5.45. The first-order valence-electron chi connectivity index (χ1n) is 6.04. The van der Waals surface area contributed by atoms with E-state index in [-0.39, 0.29) is 11.3 Å². The van der Waals surface area contributed by atoms with Gasteiger partial charge in [-0.15, -0.1) is 0 Å². The molecule has 1 aliphatic rings. The molecule has 5 nitrogen and oxygen atoms in total. The summed E-state index contributed by atoms with van der Waals surface area (Å²) in [5, 5.41) is 10.2. The minimum absolute atomic E-state index is 0.0878. The van der Waals surface area contributed by atoms with Gasteiger partial charge in [-0.1, -0.05) is 20.8 Å². The van der Waals surface area contributed by atoms with Crippen molar-refractivity contribution in [2.24, 2.45) is 0 Å². The Morgan fingerprint density at radius 1 is 1.35 bits per heavy atom. The van der Waals surface area contributed by atoms with Crippen LogP contribution in [0.4, 0.5) is 0 Å². The van der Waals surface area contributed by atoms with Crippen LogP contribution < -0.4 is 5.32 Å². The lowest BCUT2D eigenvalue weighted by Gasteiger charge is -2.28. The summed E-state index contributed by atoms with van der Waals surface area (Å²) in [6, 6.07) is 0. The van der Waals surface area contributed by atoms with Crippen molar-refractivity contribution < 1.29 is 4.79 Å². The topological polar surface area (TPSA) is 61.0 Å². The highest BCUT2D eigenvalue weighted by Gasteiger charge is 2.27. The molecule has 17 heavy (non-hydrogen) atoms. The average molecular weight is 236 g/mol. The van der Waals surface area contributed by atoms with Gasteiger partial charge >= 0.3 is 0 Å². The van der Waals surface area contributed by atoms with E-state index < -0.39 is 0 Å². The van der Waals surface area contributed by atoms with Crippen LogP contribution in [0.25, 0.3) is 0 Å². The molecule has 0 radical (unpaired) electrons. The summed E-state index contributed by atoms with van der Waals surface area (Å²) < 4.78 is 0. The SMILES string of the molecule is CC(C)(C)c1[nH]ncc1C(=O)N1CCNCC1. The first-order valence-corrected chi connectivity index (χ1v) is 6.04. The number of aromatic nitrogens is 2. The second kappa shape index (κ2) is 4.49. The molecule has 0 bridgehead atoms. The molecule has 0 atom stereocenters. The zero-order valence-corrected chi connectivity index (χ0v) is 10.7. The number of nitrogens with zero attached hydrogens (tertiary/aromatic N) is 2. The molecule has 1 fully saturated rings. The van der Waals surface area contributed by atoms with Gasteiger partial charge in [-0.25, -0.2) is 0 Å². The smallest absolute Gasteiger partial charge is 0.257 e. The van der Waals surface area contributed by atoms with Crippen LogP contribution in [0.2, 0.25) is 0 Å². The van der Waals surface area contributed by atoms with Crippen molar-refractivity contribution in [2.75, 3.05) is 26.2 Å². The molecule has 1 aliphatic heterocycles. The molecule has 0 saturated carbocycles. The van der Waals surface area contributed by atoms with E-state index in [1.165, 1.54) is 0 Å². The Balaban J connectivity index is 2.22. The van der Waals surface area contributed by atoms with E-state index in [2.05, 4.69) is 36.3 Å². The summed E-state index contributed by atoms with van der Waals surface area (Å²) in [5.41, 5.74) is 1.54. The van der Waals surface area contributed by atoms with E-state index in [9.17, 15) is 4.79 Å². The number of aromatic amines is 1. The fraction of sp³-hybridized carbons (Fsp3) is 0.667. The van der Waals surface area contributed by atoms with Crippen LogP contribution in [0, 0.1) is 0 Å². The van der Waals surface area contributed by atoms with Crippen LogP contribution in [-0.2, 0) is 5.41 Å². The number of hydrogen-bond donors (Lipinski definition) is 2. The Kier molecular flexibility index (Phi) is 3.19. The van der Waals surface area contributed by atoms with Crippen LogP contribution in [0.3, 0.4) is 0 Å². The Bertz CT molecular complexity index is 399. The lowest BCUT2D eigenvalue weighted by Crippen LogP contribution is -2.46. The molecular weight excluding hydrogens is 216 g/mol. The number of nitrogens with one attached hydrogen (secondary N) is 2. The number of H-pyrrole nitrogens is 1. The quantitative estimate of drug-likeness (QED) is 0.756. The van der Waals surface area contributed by atoms with E-state index in [1.807, 2.05) is 4.90 Å². The van der Waals surface area contributed by atoms with Gasteiger partial charge in [0.15, 0.2) is 0 Å². The predicted molar refractivity (Wildman–Crippen MR) is 66.1 cm³/mol. The third-order valence-corrected chi connectivity index (χ3v) is 3.02. The first-order chi connectivity index (χ1) is 8.00. The van der Waals surface area contributed by atoms with E-state index in [4.69, 9.17) is 0 Å². The fourth-order valence-corrected chi connectivity index (χ4v) is 2.06. The monoisotopic (exact) mass is 236 g/mol. The van der Waals surface area contributed by atoms with Crippen LogP contribution in [0.15, 0.2) is 6.20 Å². The zero-order valence-electron chi connectivity index (χ0n) is 10.7. The Morgan fingerprint density at radius 2 is 2.00 bits per heavy atom. The molecule has 1 saturated heterocycles. The van der Waals surface area contributed by atoms with Crippen molar-refractivity contribution in [1.29, 1.82) is 0 Å². The standard InChI is InChI=1S/C12H20N4O/c1-12(2,3)10-9(8-14-15-10)11(17)16-6-4-13-5-7-16/h8,13H,4-7H2,1-3H3,(H,14,15). The van der Waals surface area contributed by atoms with Crippen molar-refractivity contribution in [3.05, 3.63) is 17.5 Å². The van der Waals surface area contributed by atoms with Gasteiger partial charge in [0.05, 0.1) is 17.5 Å². The lowest BCUT2D eigenvalue weighted by atomic mass is 9.89. The second-order valence-corrected chi connectivity index (χ2v) is 5.45. The average Bonchev–Trinajstić information content (AvgIpc) is 2.78. The molecule has 1 aromatic rings. The molecular formula is C12H20N4O. The third kappa shape index (κ3) is 2.49. The maximum Gasteiger partial charge on any atom is 0.257 e. The maximum absolute atomic E-state index is 12.4. The van der Waals surface area contributed by atoms with E-state index in [0.717, 1.165) is 31.9 Å². The van der Waals surface area contributed by atoms with Crippen molar-refractivity contribution in [1.82, 2.24) is 20.4 Å². The molecule has 5 heteroatoms. The number of carbonyl (C=O) groups is 1. The Hall–Kier alpha value is -1.36. The van der Waals surface area contributed by atoms with Gasteiger partial charge in [0.1, 0.15) is 0 Å². The lowest BCUT2D eigenvalue weighted by molar-refractivity contribution is 0.0733. The van der Waals surface area contributed by atoms with Gasteiger partial charge < -0.3 is 10.2 Å². The van der Waals surface area contributed by atoms with Gasteiger partial charge in [-0.2, -0.15) is 5.10 Å². The molecule has 0 spiro atoms. The van der Waals surface area contributed by atoms with Crippen LogP contribution >= 0.6 is 0 Å². The maximum atomic E-state index is 12.4. The van der Waals surface area contributed by atoms with Crippen molar-refractivity contribution >= 4 is 5.91 Å². The zero-order chi connectivity index (χ0) is 12.5. The summed E-state index contributed by atoms with van der Waals surface area (Å²) >= 11 is 0. The first kappa shape index (κ1) is 12.1. The highest BCUT2D eigenvalue weighted by Crippen LogP contribution is 2.24. The number of hydrogen-bond acceptors (Lipinski definition) is 3. The molecule has 0 aliphatic carbocycles. The molecule has 0 aromatic carbocycles. The van der Waals surface area contributed by atoms with Gasteiger partial charge in [0, 0.05) is 31.6 Å². The van der Waals surface area contributed by atoms with Crippen molar-refractivity contribution in [3.8, 4) is 0 Å². The molecule has 2 N–H and O–H groups in total. The number of rotatable bonds is 1. The van der Waals surface area contributed by atoms with E-state index >= 15 is 0 Å². The number of piperazine rings is 1. The van der Waals surface area contributed by atoms with E-state index in [0.29, 0.717) is 5.56 Å². The predicted octanol–water partition coefficient (Wildman–Crippen LogP) is 0.753. The summed E-state index contributed by atoms with van der Waals surface area (Å²) in [7, 11) is 0. The minimum atomic E-state index is -0.0878.